The van der Waals surface area contributed by atoms with E-state index in [9.17, 15) is 4.79 Å². The van der Waals surface area contributed by atoms with E-state index in [4.69, 9.17) is 0 Å². The number of piperidine rings is 1. The van der Waals surface area contributed by atoms with Gasteiger partial charge in [0.25, 0.3) is 0 Å². The van der Waals surface area contributed by atoms with Crippen LogP contribution in [0.1, 0.15) is 46.0 Å². The Morgan fingerprint density at radius 3 is 2.39 bits per heavy atom. The first kappa shape index (κ1) is 15.3. The van der Waals surface area contributed by atoms with Crippen LogP contribution < -0.4 is 10.6 Å². The van der Waals surface area contributed by atoms with Crippen LogP contribution in [0.2, 0.25) is 0 Å². The Labute approximate surface area is 111 Å². The second-order valence-electron chi connectivity index (χ2n) is 5.41. The SMILES string of the molecule is CCCCNC(=O)NCCCN1CCC(C)CC1. The minimum absolute atomic E-state index is 0.0179. The number of unbranched alkanes of at least 4 members (excludes halogenated alkanes) is 1. The summed E-state index contributed by atoms with van der Waals surface area (Å²) >= 11 is 0. The van der Waals surface area contributed by atoms with Crippen molar-refractivity contribution in [2.45, 2.75) is 46.0 Å². The van der Waals surface area contributed by atoms with Crippen LogP contribution in [0.15, 0.2) is 0 Å². The van der Waals surface area contributed by atoms with Gasteiger partial charge in [0.1, 0.15) is 0 Å². The molecule has 0 atom stereocenters. The van der Waals surface area contributed by atoms with Crippen LogP contribution in [0.4, 0.5) is 4.79 Å². The molecule has 0 unspecified atom stereocenters. The molecule has 4 nitrogen and oxygen atoms in total. The van der Waals surface area contributed by atoms with E-state index in [1.165, 1.54) is 25.9 Å². The van der Waals surface area contributed by atoms with Gasteiger partial charge in [0.2, 0.25) is 0 Å². The van der Waals surface area contributed by atoms with Gasteiger partial charge in [-0.1, -0.05) is 20.3 Å². The summed E-state index contributed by atoms with van der Waals surface area (Å²) in [4.78, 5) is 13.9. The highest BCUT2D eigenvalue weighted by atomic mass is 16.2. The first-order chi connectivity index (χ1) is 8.72. The normalized spacial score (nSPS) is 17.7. The molecule has 0 aromatic rings. The zero-order chi connectivity index (χ0) is 13.2. The molecule has 0 spiro atoms. The molecule has 1 aliphatic heterocycles. The van der Waals surface area contributed by atoms with Crippen molar-refractivity contribution >= 4 is 6.03 Å². The van der Waals surface area contributed by atoms with Gasteiger partial charge in [0.05, 0.1) is 0 Å². The fourth-order valence-corrected chi connectivity index (χ4v) is 2.23. The number of urea groups is 1. The predicted molar refractivity (Wildman–Crippen MR) is 75.8 cm³/mol. The summed E-state index contributed by atoms with van der Waals surface area (Å²) in [5.41, 5.74) is 0. The van der Waals surface area contributed by atoms with Gasteiger partial charge in [-0.25, -0.2) is 4.79 Å². The number of nitrogens with zero attached hydrogens (tertiary/aromatic N) is 1. The lowest BCUT2D eigenvalue weighted by atomic mass is 9.99. The van der Waals surface area contributed by atoms with E-state index in [0.29, 0.717) is 0 Å². The summed E-state index contributed by atoms with van der Waals surface area (Å²) in [7, 11) is 0. The lowest BCUT2D eigenvalue weighted by Gasteiger charge is -2.30. The maximum atomic E-state index is 11.4. The number of hydrogen-bond acceptors (Lipinski definition) is 2. The predicted octanol–water partition coefficient (Wildman–Crippen LogP) is 2.21. The quantitative estimate of drug-likeness (QED) is 0.685. The zero-order valence-corrected chi connectivity index (χ0v) is 12.0. The monoisotopic (exact) mass is 255 g/mol. The Morgan fingerprint density at radius 1 is 1.17 bits per heavy atom. The summed E-state index contributed by atoms with van der Waals surface area (Å²) in [5, 5.41) is 5.78. The van der Waals surface area contributed by atoms with Crippen molar-refractivity contribution in [3.05, 3.63) is 0 Å². The minimum Gasteiger partial charge on any atom is -0.338 e. The lowest BCUT2D eigenvalue weighted by Crippen LogP contribution is -2.38. The fraction of sp³-hybridized carbons (Fsp3) is 0.929. The second kappa shape index (κ2) is 9.20. The summed E-state index contributed by atoms with van der Waals surface area (Å²) < 4.78 is 0. The standard InChI is InChI=1S/C14H29N3O/c1-3-4-8-15-14(18)16-9-5-10-17-11-6-13(2)7-12-17/h13H,3-12H2,1-2H3,(H2,15,16,18). The molecule has 0 aromatic heterocycles. The molecule has 106 valence electrons. The molecule has 1 fully saturated rings. The van der Waals surface area contributed by atoms with Crippen molar-refractivity contribution in [3.63, 3.8) is 0 Å². The Hall–Kier alpha value is -0.770. The molecule has 2 amide bonds. The molecule has 2 N–H and O–H groups in total. The largest absolute Gasteiger partial charge is 0.338 e. The average Bonchev–Trinajstić information content (AvgIpc) is 2.37. The summed E-state index contributed by atoms with van der Waals surface area (Å²) in [6, 6.07) is -0.0179. The van der Waals surface area contributed by atoms with Gasteiger partial charge in [0.15, 0.2) is 0 Å². The van der Waals surface area contributed by atoms with E-state index in [1.807, 2.05) is 0 Å². The smallest absolute Gasteiger partial charge is 0.314 e. The van der Waals surface area contributed by atoms with Crippen LogP contribution in [0, 0.1) is 5.92 Å². The number of hydrogen-bond donors (Lipinski definition) is 2. The molecule has 18 heavy (non-hydrogen) atoms. The Kier molecular flexibility index (Phi) is 7.81. The van der Waals surface area contributed by atoms with Crippen molar-refractivity contribution < 1.29 is 4.79 Å². The molecule has 4 heteroatoms. The van der Waals surface area contributed by atoms with Gasteiger partial charge in [-0.05, 0) is 51.2 Å². The second-order valence-corrected chi connectivity index (χ2v) is 5.41. The van der Waals surface area contributed by atoms with Crippen LogP contribution in [0.25, 0.3) is 0 Å². The summed E-state index contributed by atoms with van der Waals surface area (Å²) in [6.45, 7) is 9.59. The number of nitrogens with one attached hydrogen (secondary N) is 2. The van der Waals surface area contributed by atoms with E-state index in [0.717, 1.165) is 44.8 Å². The van der Waals surface area contributed by atoms with Gasteiger partial charge in [0, 0.05) is 13.1 Å². The molecule has 1 rings (SSSR count). The van der Waals surface area contributed by atoms with E-state index in [2.05, 4.69) is 29.4 Å². The van der Waals surface area contributed by atoms with Crippen molar-refractivity contribution in [1.29, 1.82) is 0 Å². The zero-order valence-electron chi connectivity index (χ0n) is 12.0. The maximum absolute atomic E-state index is 11.4. The van der Waals surface area contributed by atoms with E-state index < -0.39 is 0 Å². The Bertz CT molecular complexity index is 225. The highest BCUT2D eigenvalue weighted by Crippen LogP contribution is 2.15. The van der Waals surface area contributed by atoms with Crippen molar-refractivity contribution in [3.8, 4) is 0 Å². The molecule has 0 aromatic carbocycles. The van der Waals surface area contributed by atoms with Crippen molar-refractivity contribution in [2.75, 3.05) is 32.7 Å². The van der Waals surface area contributed by atoms with Gasteiger partial charge >= 0.3 is 6.03 Å². The van der Waals surface area contributed by atoms with Crippen LogP contribution in [-0.2, 0) is 0 Å². The van der Waals surface area contributed by atoms with Gasteiger partial charge < -0.3 is 15.5 Å². The molecule has 1 saturated heterocycles. The van der Waals surface area contributed by atoms with Gasteiger partial charge in [-0.3, -0.25) is 0 Å². The van der Waals surface area contributed by atoms with Gasteiger partial charge in [-0.2, -0.15) is 0 Å². The number of amides is 2. The third-order valence-corrected chi connectivity index (χ3v) is 3.63. The summed E-state index contributed by atoms with van der Waals surface area (Å²) in [5.74, 6) is 0.892. The summed E-state index contributed by atoms with van der Waals surface area (Å²) in [6.07, 6.45) is 5.87. The number of likely N-dealkylation sites (tertiary alicyclic amines) is 1. The maximum Gasteiger partial charge on any atom is 0.314 e. The fourth-order valence-electron chi connectivity index (χ4n) is 2.23. The Morgan fingerprint density at radius 2 is 1.78 bits per heavy atom. The topological polar surface area (TPSA) is 44.4 Å². The van der Waals surface area contributed by atoms with Crippen LogP contribution >= 0.6 is 0 Å². The van der Waals surface area contributed by atoms with E-state index in [1.54, 1.807) is 0 Å². The highest BCUT2D eigenvalue weighted by Gasteiger charge is 2.14. The first-order valence-corrected chi connectivity index (χ1v) is 7.46. The molecule has 0 saturated carbocycles. The van der Waals surface area contributed by atoms with Crippen LogP contribution in [0.5, 0.6) is 0 Å². The van der Waals surface area contributed by atoms with Crippen molar-refractivity contribution in [2.24, 2.45) is 5.92 Å². The first-order valence-electron chi connectivity index (χ1n) is 7.46. The van der Waals surface area contributed by atoms with Gasteiger partial charge in [-0.15, -0.1) is 0 Å². The molecule has 0 aliphatic carbocycles. The number of carbonyl (C=O) groups is 1. The highest BCUT2D eigenvalue weighted by molar-refractivity contribution is 5.73. The number of carbonyl (C=O) groups excluding carboxylic acids is 1. The third-order valence-electron chi connectivity index (χ3n) is 3.63. The molecular formula is C14H29N3O. The molecule has 0 radical (unpaired) electrons. The van der Waals surface area contributed by atoms with Crippen LogP contribution in [0.3, 0.4) is 0 Å². The van der Waals surface area contributed by atoms with E-state index in [-0.39, 0.29) is 6.03 Å². The molecular weight excluding hydrogens is 226 g/mol. The minimum atomic E-state index is -0.0179. The average molecular weight is 255 g/mol. The van der Waals surface area contributed by atoms with Crippen LogP contribution in [-0.4, -0.2) is 43.7 Å². The number of rotatable bonds is 7. The Balaban J connectivity index is 1.93. The molecule has 0 bridgehead atoms. The molecule has 1 heterocycles. The molecule has 1 aliphatic rings. The van der Waals surface area contributed by atoms with Crippen molar-refractivity contribution in [1.82, 2.24) is 15.5 Å². The lowest BCUT2D eigenvalue weighted by molar-refractivity contribution is 0.190. The third kappa shape index (κ3) is 6.84. The van der Waals surface area contributed by atoms with E-state index >= 15 is 0 Å².